The third-order valence-electron chi connectivity index (χ3n) is 10.1. The minimum atomic E-state index is -1.65. The molecule has 6 atom stereocenters. The first-order valence-electron chi connectivity index (χ1n) is 13.7. The van der Waals surface area contributed by atoms with Crippen molar-refractivity contribution in [3.05, 3.63) is 11.6 Å². The molecule has 0 bridgehead atoms. The molecule has 0 aromatic rings. The van der Waals surface area contributed by atoms with Gasteiger partial charge in [0, 0.05) is 30.6 Å². The summed E-state index contributed by atoms with van der Waals surface area (Å²) in [7, 11) is 0. The van der Waals surface area contributed by atoms with E-state index in [9.17, 15) is 24.3 Å². The van der Waals surface area contributed by atoms with E-state index in [1.165, 1.54) is 0 Å². The Bertz CT molecular complexity index is 920. The summed E-state index contributed by atoms with van der Waals surface area (Å²) in [6, 6.07) is 0. The van der Waals surface area contributed by atoms with E-state index in [2.05, 4.69) is 13.8 Å². The minimum absolute atomic E-state index is 0.0596. The van der Waals surface area contributed by atoms with Crippen LogP contribution in [0.3, 0.4) is 0 Å². The van der Waals surface area contributed by atoms with Crippen molar-refractivity contribution in [2.24, 2.45) is 28.6 Å². The third kappa shape index (κ3) is 4.45. The summed E-state index contributed by atoms with van der Waals surface area (Å²) in [4.78, 5) is 51.1. The van der Waals surface area contributed by atoms with Crippen LogP contribution in [0.4, 0.5) is 0 Å². The summed E-state index contributed by atoms with van der Waals surface area (Å²) in [5.41, 5.74) is -1.69. The molecule has 4 aliphatic rings. The van der Waals surface area contributed by atoms with Crippen molar-refractivity contribution in [1.29, 1.82) is 0 Å². The van der Waals surface area contributed by atoms with E-state index in [0.29, 0.717) is 25.7 Å². The van der Waals surface area contributed by atoms with E-state index < -0.39 is 29.4 Å². The molecule has 3 fully saturated rings. The molecule has 3 saturated carbocycles. The fourth-order valence-corrected chi connectivity index (χ4v) is 8.06. The van der Waals surface area contributed by atoms with Crippen molar-refractivity contribution < 1.29 is 29.0 Å². The van der Waals surface area contributed by atoms with E-state index in [1.54, 1.807) is 6.08 Å². The molecule has 0 spiro atoms. The lowest BCUT2D eigenvalue weighted by Crippen LogP contribution is -2.61. The van der Waals surface area contributed by atoms with Crippen LogP contribution < -0.4 is 0 Å². The summed E-state index contributed by atoms with van der Waals surface area (Å²) in [5, 5.41) is 11.7. The fraction of sp³-hybridized carbons (Fsp3) is 0.793. The zero-order valence-corrected chi connectivity index (χ0v) is 21.7. The first-order valence-corrected chi connectivity index (χ1v) is 13.7. The molecule has 0 aromatic heterocycles. The number of fused-ring (bicyclic) bond motifs is 5. The van der Waals surface area contributed by atoms with Gasteiger partial charge in [-0.25, -0.2) is 0 Å². The number of allylic oxidation sites excluding steroid dienone is 1. The largest absolute Gasteiger partial charge is 0.458 e. The van der Waals surface area contributed by atoms with Gasteiger partial charge in [0.05, 0.1) is 0 Å². The lowest BCUT2D eigenvalue weighted by Gasteiger charge is -2.57. The van der Waals surface area contributed by atoms with Gasteiger partial charge in [0.1, 0.15) is 11.4 Å². The molecular weight excluding hydrogens is 444 g/mol. The molecule has 4 rings (SSSR count). The topological polar surface area (TPSA) is 97.7 Å². The summed E-state index contributed by atoms with van der Waals surface area (Å²) in [5.74, 6) is -0.609. The number of carbonyl (C=O) groups excluding carboxylic acids is 4. The number of ether oxygens (including phenoxy) is 1. The third-order valence-corrected chi connectivity index (χ3v) is 10.1. The number of hydrogen-bond acceptors (Lipinski definition) is 6. The molecule has 0 saturated heterocycles. The van der Waals surface area contributed by atoms with Crippen molar-refractivity contribution in [1.82, 2.24) is 0 Å². The Morgan fingerprint density at radius 1 is 1.06 bits per heavy atom. The standard InChI is InChI=1S/C29H42O6/c1-4-5-6-7-8-9-25(33)35-18-24(32)29(34)15-13-22-21-11-10-19-16-20(30)12-14-27(19,2)26(21)23(31)17-28(22,29)3/h16,21-22,26,34H,4-15,17-18H2,1-3H3/t21-,22-,26+,27-,28-,29-/m0/s1. The highest BCUT2D eigenvalue weighted by atomic mass is 16.5. The second-order valence-corrected chi connectivity index (χ2v) is 12.0. The van der Waals surface area contributed by atoms with E-state index in [4.69, 9.17) is 4.74 Å². The number of Topliss-reactive ketones (excluding diaryl/α,β-unsaturated/α-hetero) is 2. The Hall–Kier alpha value is -1.82. The van der Waals surface area contributed by atoms with Gasteiger partial charge in [-0.3, -0.25) is 19.2 Å². The Kier molecular flexibility index (Phi) is 7.43. The molecule has 0 unspecified atom stereocenters. The van der Waals surface area contributed by atoms with Crippen LogP contribution in [-0.2, 0) is 23.9 Å². The van der Waals surface area contributed by atoms with Gasteiger partial charge in [-0.2, -0.15) is 0 Å². The molecular formula is C29H42O6. The number of ketones is 3. The summed E-state index contributed by atoms with van der Waals surface area (Å²) in [6.07, 6.45) is 11.1. The molecule has 0 aliphatic heterocycles. The number of hydrogen-bond donors (Lipinski definition) is 1. The van der Waals surface area contributed by atoms with Gasteiger partial charge < -0.3 is 9.84 Å². The van der Waals surface area contributed by atoms with Crippen LogP contribution >= 0.6 is 0 Å². The zero-order valence-electron chi connectivity index (χ0n) is 21.7. The Balaban J connectivity index is 1.44. The van der Waals surface area contributed by atoms with Gasteiger partial charge in [0.2, 0.25) is 5.78 Å². The molecule has 6 heteroatoms. The van der Waals surface area contributed by atoms with E-state index in [-0.39, 0.29) is 47.6 Å². The van der Waals surface area contributed by atoms with Crippen LogP contribution in [0.15, 0.2) is 11.6 Å². The predicted molar refractivity (Wildman–Crippen MR) is 131 cm³/mol. The Morgan fingerprint density at radius 3 is 2.54 bits per heavy atom. The van der Waals surface area contributed by atoms with Crippen molar-refractivity contribution in [2.75, 3.05) is 6.61 Å². The van der Waals surface area contributed by atoms with Crippen LogP contribution in [-0.4, -0.2) is 40.6 Å². The summed E-state index contributed by atoms with van der Waals surface area (Å²) >= 11 is 0. The van der Waals surface area contributed by atoms with E-state index >= 15 is 0 Å². The number of carbonyl (C=O) groups is 4. The Labute approximate surface area is 209 Å². The Morgan fingerprint density at radius 2 is 1.80 bits per heavy atom. The molecule has 6 nitrogen and oxygen atoms in total. The van der Waals surface area contributed by atoms with Gasteiger partial charge in [-0.15, -0.1) is 0 Å². The van der Waals surface area contributed by atoms with Crippen LogP contribution in [0.25, 0.3) is 0 Å². The lowest BCUT2D eigenvalue weighted by molar-refractivity contribution is -0.173. The predicted octanol–water partition coefficient (Wildman–Crippen LogP) is 4.90. The van der Waals surface area contributed by atoms with Gasteiger partial charge >= 0.3 is 5.97 Å². The average molecular weight is 487 g/mol. The van der Waals surface area contributed by atoms with Gasteiger partial charge in [-0.05, 0) is 61.9 Å². The quantitative estimate of drug-likeness (QED) is 0.368. The first kappa shape index (κ1) is 26.2. The molecule has 35 heavy (non-hydrogen) atoms. The molecule has 4 aliphatic carbocycles. The van der Waals surface area contributed by atoms with Gasteiger partial charge in [0.15, 0.2) is 12.4 Å². The van der Waals surface area contributed by atoms with Crippen LogP contribution in [0, 0.1) is 28.6 Å². The molecule has 0 radical (unpaired) electrons. The van der Waals surface area contributed by atoms with Crippen molar-refractivity contribution in [3.63, 3.8) is 0 Å². The van der Waals surface area contributed by atoms with Crippen LogP contribution in [0.1, 0.15) is 104 Å². The minimum Gasteiger partial charge on any atom is -0.458 e. The first-order chi connectivity index (χ1) is 16.6. The maximum Gasteiger partial charge on any atom is 0.306 e. The summed E-state index contributed by atoms with van der Waals surface area (Å²) in [6.45, 7) is 5.74. The molecule has 0 amide bonds. The van der Waals surface area contributed by atoms with Crippen molar-refractivity contribution >= 4 is 23.3 Å². The molecule has 0 heterocycles. The average Bonchev–Trinajstić information content (AvgIpc) is 3.08. The highest BCUT2D eigenvalue weighted by molar-refractivity contribution is 5.95. The molecule has 0 aromatic carbocycles. The van der Waals surface area contributed by atoms with Gasteiger partial charge in [-0.1, -0.05) is 52.0 Å². The highest BCUT2D eigenvalue weighted by Gasteiger charge is 2.68. The smallest absolute Gasteiger partial charge is 0.306 e. The monoisotopic (exact) mass is 486 g/mol. The lowest BCUT2D eigenvalue weighted by atomic mass is 9.46. The number of esters is 1. The second-order valence-electron chi connectivity index (χ2n) is 12.0. The van der Waals surface area contributed by atoms with Crippen LogP contribution in [0.5, 0.6) is 0 Å². The van der Waals surface area contributed by atoms with Gasteiger partial charge in [0.25, 0.3) is 0 Å². The summed E-state index contributed by atoms with van der Waals surface area (Å²) < 4.78 is 5.27. The normalized spacial score (nSPS) is 38.3. The number of aliphatic hydroxyl groups is 1. The zero-order chi connectivity index (χ0) is 25.4. The highest BCUT2D eigenvalue weighted by Crippen LogP contribution is 2.66. The maximum absolute atomic E-state index is 13.7. The number of rotatable bonds is 9. The molecule has 194 valence electrons. The maximum atomic E-state index is 13.7. The SMILES string of the molecule is CCCCCCCC(=O)OCC(=O)[C@@]1(O)CC[C@H]2[C@@H]3CCC4=CC(=O)CC[C@]4(C)[C@H]3C(=O)C[C@@]21C. The molecule has 1 N–H and O–H groups in total. The fourth-order valence-electron chi connectivity index (χ4n) is 8.06. The van der Waals surface area contributed by atoms with E-state index in [1.807, 2.05) is 6.92 Å². The number of unbranched alkanes of at least 4 members (excludes halogenated alkanes) is 4. The van der Waals surface area contributed by atoms with Crippen molar-refractivity contribution in [3.8, 4) is 0 Å². The van der Waals surface area contributed by atoms with Crippen LogP contribution in [0.2, 0.25) is 0 Å². The van der Waals surface area contributed by atoms with Crippen molar-refractivity contribution in [2.45, 2.75) is 110 Å². The second kappa shape index (κ2) is 9.91. The van der Waals surface area contributed by atoms with E-state index in [0.717, 1.165) is 50.5 Å².